The molecule has 0 N–H and O–H groups in total. The van der Waals surface area contributed by atoms with Gasteiger partial charge in [-0.3, -0.25) is 9.59 Å². The molecular weight excluding hydrogens is 444 g/mol. The Hall–Kier alpha value is -2.67. The maximum atomic E-state index is 14.8. The molecule has 7 heteroatoms. The first-order valence-electron chi connectivity index (χ1n) is 11.2. The number of piperidine rings is 1. The zero-order valence-corrected chi connectivity index (χ0v) is 20.0. The van der Waals surface area contributed by atoms with Crippen molar-refractivity contribution in [3.05, 3.63) is 65.2 Å². The van der Waals surface area contributed by atoms with Crippen LogP contribution in [0.4, 0.5) is 8.78 Å². The van der Waals surface area contributed by atoms with Gasteiger partial charge in [0.2, 0.25) is 5.91 Å². The molecule has 1 amide bonds. The normalized spacial score (nSPS) is 16.4. The van der Waals surface area contributed by atoms with Crippen molar-refractivity contribution in [2.24, 2.45) is 5.92 Å². The number of likely N-dealkylation sites (tertiary alicyclic amines) is 1. The molecule has 0 radical (unpaired) electrons. The number of carbonyl (C=O) groups excluding carboxylic acids is 2. The van der Waals surface area contributed by atoms with E-state index in [0.717, 1.165) is 10.5 Å². The first-order chi connectivity index (χ1) is 15.8. The summed E-state index contributed by atoms with van der Waals surface area (Å²) in [6.07, 6.45) is 3.87. The van der Waals surface area contributed by atoms with Gasteiger partial charge in [-0.2, -0.15) is 0 Å². The van der Waals surface area contributed by atoms with Crippen LogP contribution in [0.2, 0.25) is 0 Å². The van der Waals surface area contributed by atoms with Crippen molar-refractivity contribution in [1.82, 2.24) is 4.90 Å². The van der Waals surface area contributed by atoms with Gasteiger partial charge in [0, 0.05) is 29.6 Å². The number of amides is 1. The Bertz CT molecular complexity index is 1040. The second-order valence-corrected chi connectivity index (χ2v) is 9.37. The van der Waals surface area contributed by atoms with Crippen molar-refractivity contribution < 1.29 is 23.1 Å². The minimum Gasteiger partial charge on any atom is -0.466 e. The van der Waals surface area contributed by atoms with Crippen molar-refractivity contribution in [2.75, 3.05) is 19.7 Å². The van der Waals surface area contributed by atoms with E-state index in [0.29, 0.717) is 26.0 Å². The van der Waals surface area contributed by atoms with Gasteiger partial charge in [-0.05, 0) is 49.5 Å². The largest absolute Gasteiger partial charge is 0.466 e. The lowest BCUT2D eigenvalue weighted by Gasteiger charge is -2.30. The molecule has 1 unspecified atom stereocenters. The van der Waals surface area contributed by atoms with Crippen LogP contribution in [0.5, 0.6) is 0 Å². The molecule has 0 aliphatic carbocycles. The summed E-state index contributed by atoms with van der Waals surface area (Å²) in [5, 5.41) is 0. The standard InChI is InChI=1S/C26H29F2NO3S/c1-4-32-26(31)19-8-7-15-29(16-19)23(30)14-12-18-11-13-22(25(28)24(18)27)33-21-10-6-5-9-20(21)17(2)3/h5-6,9-14,17,19H,4,7-8,15-16H2,1-3H3. The minimum atomic E-state index is -0.992. The molecule has 1 saturated heterocycles. The van der Waals surface area contributed by atoms with Gasteiger partial charge in [0.05, 0.1) is 17.4 Å². The Labute approximate surface area is 198 Å². The Balaban J connectivity index is 1.71. The summed E-state index contributed by atoms with van der Waals surface area (Å²) in [7, 11) is 0. The molecule has 1 heterocycles. The zero-order chi connectivity index (χ0) is 24.0. The smallest absolute Gasteiger partial charge is 0.310 e. The number of esters is 1. The minimum absolute atomic E-state index is 0.00120. The summed E-state index contributed by atoms with van der Waals surface area (Å²) in [5.74, 6) is -2.67. The summed E-state index contributed by atoms with van der Waals surface area (Å²) >= 11 is 1.19. The monoisotopic (exact) mass is 473 g/mol. The predicted molar refractivity (Wildman–Crippen MR) is 126 cm³/mol. The highest BCUT2D eigenvalue weighted by molar-refractivity contribution is 7.99. The molecule has 176 valence electrons. The molecule has 1 aliphatic rings. The molecular formula is C26H29F2NO3S. The van der Waals surface area contributed by atoms with Crippen LogP contribution in [0, 0.1) is 17.6 Å². The fraction of sp³-hybridized carbons (Fsp3) is 0.385. The molecule has 4 nitrogen and oxygen atoms in total. The van der Waals surface area contributed by atoms with Crippen LogP contribution in [0.3, 0.4) is 0 Å². The van der Waals surface area contributed by atoms with Gasteiger partial charge in [0.15, 0.2) is 11.6 Å². The highest BCUT2D eigenvalue weighted by Crippen LogP contribution is 2.36. The first kappa shape index (κ1) is 25.0. The number of rotatable bonds is 7. The highest BCUT2D eigenvalue weighted by Gasteiger charge is 2.28. The van der Waals surface area contributed by atoms with E-state index in [1.807, 2.05) is 24.3 Å². The third-order valence-corrected chi connectivity index (χ3v) is 6.72. The van der Waals surface area contributed by atoms with Crippen molar-refractivity contribution in [1.29, 1.82) is 0 Å². The second kappa shape index (κ2) is 11.5. The van der Waals surface area contributed by atoms with Crippen LogP contribution >= 0.6 is 11.8 Å². The Morgan fingerprint density at radius 3 is 2.64 bits per heavy atom. The van der Waals surface area contributed by atoms with Crippen LogP contribution in [-0.2, 0) is 14.3 Å². The van der Waals surface area contributed by atoms with Gasteiger partial charge in [-0.1, -0.05) is 49.9 Å². The average molecular weight is 474 g/mol. The van der Waals surface area contributed by atoms with E-state index in [4.69, 9.17) is 4.74 Å². The Morgan fingerprint density at radius 2 is 1.91 bits per heavy atom. The van der Waals surface area contributed by atoms with Gasteiger partial charge >= 0.3 is 5.97 Å². The summed E-state index contributed by atoms with van der Waals surface area (Å²) in [6, 6.07) is 10.7. The van der Waals surface area contributed by atoms with E-state index in [-0.39, 0.29) is 40.7 Å². The average Bonchev–Trinajstić information content (AvgIpc) is 2.81. The van der Waals surface area contributed by atoms with Crippen LogP contribution in [0.1, 0.15) is 50.7 Å². The summed E-state index contributed by atoms with van der Waals surface area (Å²) in [5.41, 5.74) is 1.07. The molecule has 33 heavy (non-hydrogen) atoms. The van der Waals surface area contributed by atoms with Crippen molar-refractivity contribution in [3.63, 3.8) is 0 Å². The molecule has 1 atom stereocenters. The molecule has 1 fully saturated rings. The van der Waals surface area contributed by atoms with Gasteiger partial charge in [0.25, 0.3) is 0 Å². The van der Waals surface area contributed by atoms with Crippen molar-refractivity contribution in [3.8, 4) is 0 Å². The number of nitrogens with zero attached hydrogens (tertiary/aromatic N) is 1. The van der Waals surface area contributed by atoms with Gasteiger partial charge < -0.3 is 9.64 Å². The maximum absolute atomic E-state index is 14.8. The topological polar surface area (TPSA) is 46.6 Å². The zero-order valence-electron chi connectivity index (χ0n) is 19.1. The first-order valence-corrected chi connectivity index (χ1v) is 12.0. The molecule has 0 spiro atoms. The third kappa shape index (κ3) is 6.22. The predicted octanol–water partition coefficient (Wildman–Crippen LogP) is 6.05. The molecule has 2 aromatic carbocycles. The molecule has 1 aliphatic heterocycles. The second-order valence-electron chi connectivity index (χ2n) is 8.28. The van der Waals surface area contributed by atoms with E-state index in [2.05, 4.69) is 13.8 Å². The fourth-order valence-corrected chi connectivity index (χ4v) is 4.94. The van der Waals surface area contributed by atoms with Crippen LogP contribution in [0.25, 0.3) is 6.08 Å². The Morgan fingerprint density at radius 1 is 1.15 bits per heavy atom. The molecule has 2 aromatic rings. The molecule has 0 bridgehead atoms. The lowest BCUT2D eigenvalue weighted by atomic mass is 9.98. The number of carbonyl (C=O) groups is 2. The Kier molecular flexibility index (Phi) is 8.67. The van der Waals surface area contributed by atoms with E-state index in [1.165, 1.54) is 36.0 Å². The summed E-state index contributed by atoms with van der Waals surface area (Å²) in [6.45, 7) is 6.93. The quantitative estimate of drug-likeness (QED) is 0.363. The number of hydrogen-bond donors (Lipinski definition) is 0. The van der Waals surface area contributed by atoms with Gasteiger partial charge in [-0.15, -0.1) is 0 Å². The van der Waals surface area contributed by atoms with Crippen LogP contribution in [-0.4, -0.2) is 36.5 Å². The lowest BCUT2D eigenvalue weighted by molar-refractivity contribution is -0.150. The summed E-state index contributed by atoms with van der Waals surface area (Å²) in [4.78, 5) is 27.2. The van der Waals surface area contributed by atoms with E-state index in [9.17, 15) is 18.4 Å². The van der Waals surface area contributed by atoms with Gasteiger partial charge in [-0.25, -0.2) is 8.78 Å². The van der Waals surface area contributed by atoms with Crippen molar-refractivity contribution in [2.45, 2.75) is 49.3 Å². The molecule has 3 rings (SSSR count). The molecule has 0 saturated carbocycles. The number of halogens is 2. The van der Waals surface area contributed by atoms with E-state index < -0.39 is 11.6 Å². The maximum Gasteiger partial charge on any atom is 0.310 e. The number of hydrogen-bond acceptors (Lipinski definition) is 4. The third-order valence-electron chi connectivity index (χ3n) is 5.60. The van der Waals surface area contributed by atoms with E-state index >= 15 is 0 Å². The van der Waals surface area contributed by atoms with Gasteiger partial charge in [0.1, 0.15) is 0 Å². The fourth-order valence-electron chi connectivity index (χ4n) is 3.82. The number of benzene rings is 2. The highest BCUT2D eigenvalue weighted by atomic mass is 32.2. The van der Waals surface area contributed by atoms with Crippen LogP contribution < -0.4 is 0 Å². The number of ether oxygens (including phenoxy) is 1. The lowest BCUT2D eigenvalue weighted by Crippen LogP contribution is -2.42. The van der Waals surface area contributed by atoms with Crippen LogP contribution in [0.15, 0.2) is 52.3 Å². The SMILES string of the molecule is CCOC(=O)C1CCCN(C(=O)C=Cc2ccc(Sc3ccccc3C(C)C)c(F)c2F)C1. The van der Waals surface area contributed by atoms with E-state index in [1.54, 1.807) is 11.8 Å². The molecule has 0 aromatic heterocycles. The summed E-state index contributed by atoms with van der Waals surface area (Å²) < 4.78 is 34.6. The van der Waals surface area contributed by atoms with Crippen molar-refractivity contribution >= 4 is 29.7 Å².